The first-order valence-corrected chi connectivity index (χ1v) is 4.30. The van der Waals surface area contributed by atoms with Gasteiger partial charge in [0.2, 0.25) is 5.91 Å². The lowest BCUT2D eigenvalue weighted by molar-refractivity contribution is -0.159. The quantitative estimate of drug-likeness (QED) is 0.306. The first-order valence-electron chi connectivity index (χ1n) is 4.30. The normalized spacial score (nSPS) is 18.0. The standard InChI is InChI=1S/C8H13NO7/c1-3(11)9-4(2-10)5(12)6(13)7(14)8(15)16/h2,4-7,12-14H,1H3,(H,9,11)(H,15,16)/t4-,5+,6+,7-/m0/s1. The van der Waals surface area contributed by atoms with E-state index in [-0.39, 0.29) is 6.29 Å². The van der Waals surface area contributed by atoms with Crippen molar-refractivity contribution in [2.24, 2.45) is 0 Å². The van der Waals surface area contributed by atoms with E-state index in [2.05, 4.69) is 0 Å². The molecule has 8 heteroatoms. The second-order valence-corrected chi connectivity index (χ2v) is 3.13. The van der Waals surface area contributed by atoms with Crippen LogP contribution in [0.25, 0.3) is 0 Å². The average molecular weight is 235 g/mol. The summed E-state index contributed by atoms with van der Waals surface area (Å²) >= 11 is 0. The second-order valence-electron chi connectivity index (χ2n) is 3.13. The van der Waals surface area contributed by atoms with Gasteiger partial charge in [-0.15, -0.1) is 0 Å². The second kappa shape index (κ2) is 6.16. The molecule has 0 aromatic heterocycles. The van der Waals surface area contributed by atoms with Gasteiger partial charge in [0.05, 0.1) is 0 Å². The van der Waals surface area contributed by atoms with Gasteiger partial charge in [-0.1, -0.05) is 0 Å². The van der Waals surface area contributed by atoms with E-state index >= 15 is 0 Å². The molecule has 16 heavy (non-hydrogen) atoms. The molecule has 92 valence electrons. The summed E-state index contributed by atoms with van der Waals surface area (Å²) in [5.41, 5.74) is 0. The van der Waals surface area contributed by atoms with Crippen LogP contribution in [-0.4, -0.2) is 62.9 Å². The molecule has 1 amide bonds. The number of hydrogen-bond donors (Lipinski definition) is 5. The van der Waals surface area contributed by atoms with E-state index < -0.39 is 36.2 Å². The fourth-order valence-electron chi connectivity index (χ4n) is 0.980. The summed E-state index contributed by atoms with van der Waals surface area (Å²) in [6, 6.07) is -1.48. The van der Waals surface area contributed by atoms with Gasteiger partial charge >= 0.3 is 5.97 Å². The number of hydrogen-bond acceptors (Lipinski definition) is 6. The molecule has 0 aromatic rings. The first-order chi connectivity index (χ1) is 7.31. The largest absolute Gasteiger partial charge is 0.479 e. The predicted molar refractivity (Wildman–Crippen MR) is 49.3 cm³/mol. The Morgan fingerprint density at radius 1 is 1.19 bits per heavy atom. The number of aldehydes is 1. The van der Waals surface area contributed by atoms with E-state index in [1.165, 1.54) is 0 Å². The van der Waals surface area contributed by atoms with Crippen LogP contribution in [0.1, 0.15) is 6.92 Å². The Labute approximate surface area is 90.5 Å². The van der Waals surface area contributed by atoms with Crippen molar-refractivity contribution in [3.05, 3.63) is 0 Å². The smallest absolute Gasteiger partial charge is 0.335 e. The van der Waals surface area contributed by atoms with Crippen molar-refractivity contribution in [2.75, 3.05) is 0 Å². The third-order valence-corrected chi connectivity index (χ3v) is 1.81. The van der Waals surface area contributed by atoms with Crippen LogP contribution >= 0.6 is 0 Å². The van der Waals surface area contributed by atoms with Crippen molar-refractivity contribution in [3.8, 4) is 0 Å². The zero-order valence-electron chi connectivity index (χ0n) is 8.40. The summed E-state index contributed by atoms with van der Waals surface area (Å²) in [5.74, 6) is -2.40. The lowest BCUT2D eigenvalue weighted by Crippen LogP contribution is -2.53. The number of carboxylic acids is 1. The Kier molecular flexibility index (Phi) is 5.57. The number of amides is 1. The molecule has 0 aliphatic carbocycles. The Bertz CT molecular complexity index is 280. The molecular weight excluding hydrogens is 222 g/mol. The molecule has 0 radical (unpaired) electrons. The minimum atomic E-state index is -2.24. The highest BCUT2D eigenvalue weighted by molar-refractivity contribution is 5.78. The number of aliphatic carboxylic acids is 1. The summed E-state index contributed by atoms with van der Waals surface area (Å²) in [4.78, 5) is 31.3. The van der Waals surface area contributed by atoms with Gasteiger partial charge in [-0.2, -0.15) is 0 Å². The number of carbonyl (C=O) groups is 3. The molecule has 0 aliphatic rings. The van der Waals surface area contributed by atoms with Crippen molar-refractivity contribution in [1.82, 2.24) is 5.32 Å². The van der Waals surface area contributed by atoms with Gasteiger partial charge in [0.1, 0.15) is 24.5 Å². The highest BCUT2D eigenvalue weighted by Gasteiger charge is 2.35. The Morgan fingerprint density at radius 3 is 2.00 bits per heavy atom. The molecule has 0 unspecified atom stereocenters. The predicted octanol–water partition coefficient (Wildman–Crippen LogP) is -3.14. The van der Waals surface area contributed by atoms with Crippen LogP contribution in [-0.2, 0) is 14.4 Å². The first kappa shape index (κ1) is 14.5. The highest BCUT2D eigenvalue weighted by atomic mass is 16.4. The lowest BCUT2D eigenvalue weighted by atomic mass is 10.0. The summed E-state index contributed by atoms with van der Waals surface area (Å²) in [6.07, 6.45) is -6.11. The van der Waals surface area contributed by atoms with Gasteiger partial charge in [-0.05, 0) is 0 Å². The topological polar surface area (TPSA) is 144 Å². The number of nitrogens with one attached hydrogen (secondary N) is 1. The molecule has 5 N–H and O–H groups in total. The van der Waals surface area contributed by atoms with Crippen LogP contribution < -0.4 is 5.32 Å². The van der Waals surface area contributed by atoms with Crippen LogP contribution in [0, 0.1) is 0 Å². The maximum atomic E-state index is 10.6. The summed E-state index contributed by atoms with van der Waals surface area (Å²) in [7, 11) is 0. The molecule has 0 bridgehead atoms. The molecule has 0 saturated heterocycles. The third-order valence-electron chi connectivity index (χ3n) is 1.81. The average Bonchev–Trinajstić information content (AvgIpc) is 2.22. The van der Waals surface area contributed by atoms with Gasteiger partial charge < -0.3 is 30.5 Å². The molecule has 0 fully saturated rings. The number of carbonyl (C=O) groups excluding carboxylic acids is 2. The molecule has 0 saturated carbocycles. The van der Waals surface area contributed by atoms with Crippen molar-refractivity contribution < 1.29 is 34.8 Å². The molecular formula is C8H13NO7. The molecule has 4 atom stereocenters. The number of carboxylic acid groups (broad SMARTS) is 1. The maximum absolute atomic E-state index is 10.6. The zero-order chi connectivity index (χ0) is 12.9. The van der Waals surface area contributed by atoms with E-state index in [0.29, 0.717) is 0 Å². The van der Waals surface area contributed by atoms with E-state index in [4.69, 9.17) is 10.2 Å². The van der Waals surface area contributed by atoms with E-state index in [1.807, 2.05) is 5.32 Å². The Hall–Kier alpha value is -1.51. The van der Waals surface area contributed by atoms with Gasteiger partial charge in [-0.3, -0.25) is 4.79 Å². The highest BCUT2D eigenvalue weighted by Crippen LogP contribution is 2.04. The summed E-state index contributed by atoms with van der Waals surface area (Å²) in [5, 5.41) is 37.7. The van der Waals surface area contributed by atoms with Crippen LogP contribution in [0.3, 0.4) is 0 Å². The molecule has 0 aromatic carbocycles. The van der Waals surface area contributed by atoms with Crippen molar-refractivity contribution in [3.63, 3.8) is 0 Å². The van der Waals surface area contributed by atoms with Crippen molar-refractivity contribution in [2.45, 2.75) is 31.3 Å². The molecule has 0 rings (SSSR count). The van der Waals surface area contributed by atoms with Crippen LogP contribution in [0.15, 0.2) is 0 Å². The fourth-order valence-corrected chi connectivity index (χ4v) is 0.980. The fraction of sp³-hybridized carbons (Fsp3) is 0.625. The molecule has 0 spiro atoms. The molecule has 0 heterocycles. The van der Waals surface area contributed by atoms with Crippen LogP contribution in [0.4, 0.5) is 0 Å². The van der Waals surface area contributed by atoms with Crippen LogP contribution in [0.5, 0.6) is 0 Å². The van der Waals surface area contributed by atoms with Gasteiger partial charge in [-0.25, -0.2) is 4.79 Å². The number of rotatable bonds is 6. The third kappa shape index (κ3) is 3.93. The van der Waals surface area contributed by atoms with E-state index in [9.17, 15) is 24.6 Å². The van der Waals surface area contributed by atoms with E-state index in [1.54, 1.807) is 0 Å². The maximum Gasteiger partial charge on any atom is 0.335 e. The Balaban J connectivity index is 4.60. The minimum absolute atomic E-state index is 0.129. The summed E-state index contributed by atoms with van der Waals surface area (Å²) < 4.78 is 0. The van der Waals surface area contributed by atoms with Gasteiger partial charge in [0, 0.05) is 6.92 Å². The SMILES string of the molecule is CC(=O)N[C@@H](C=O)[C@@H](O)[C@@H](O)[C@H](O)C(=O)O. The monoisotopic (exact) mass is 235 g/mol. The number of aliphatic hydroxyl groups is 3. The zero-order valence-corrected chi connectivity index (χ0v) is 8.40. The van der Waals surface area contributed by atoms with Gasteiger partial charge in [0.15, 0.2) is 6.10 Å². The lowest BCUT2D eigenvalue weighted by Gasteiger charge is -2.24. The summed E-state index contributed by atoms with van der Waals surface area (Å²) in [6.45, 7) is 1.07. The van der Waals surface area contributed by atoms with Crippen molar-refractivity contribution >= 4 is 18.2 Å². The van der Waals surface area contributed by atoms with Crippen LogP contribution in [0.2, 0.25) is 0 Å². The Morgan fingerprint density at radius 2 is 1.69 bits per heavy atom. The van der Waals surface area contributed by atoms with E-state index in [0.717, 1.165) is 6.92 Å². The molecule has 8 nitrogen and oxygen atoms in total. The minimum Gasteiger partial charge on any atom is -0.479 e. The number of aliphatic hydroxyl groups excluding tert-OH is 3. The van der Waals surface area contributed by atoms with Crippen molar-refractivity contribution in [1.29, 1.82) is 0 Å². The molecule has 0 aliphatic heterocycles. The van der Waals surface area contributed by atoms with Gasteiger partial charge in [0.25, 0.3) is 0 Å².